The van der Waals surface area contributed by atoms with E-state index in [9.17, 15) is 4.79 Å². The van der Waals surface area contributed by atoms with E-state index in [1.807, 2.05) is 0 Å². The molecule has 0 aromatic carbocycles. The summed E-state index contributed by atoms with van der Waals surface area (Å²) in [6.07, 6.45) is 0. The van der Waals surface area contributed by atoms with Crippen molar-refractivity contribution in [3.63, 3.8) is 0 Å². The molecular weight excluding hydrogens is 136 g/mol. The zero-order chi connectivity index (χ0) is 8.31. The molecule has 0 bridgehead atoms. The molecule has 0 aliphatic heterocycles. The molecule has 0 amide bonds. The Kier molecular flexibility index (Phi) is 2.63. The SMILES string of the molecule is CC(C(=O)O)N(N)C(=N)N. The minimum absolute atomic E-state index is 0.463. The van der Waals surface area contributed by atoms with Crippen molar-refractivity contribution < 1.29 is 9.90 Å². The molecule has 6 heteroatoms. The van der Waals surface area contributed by atoms with Crippen LogP contribution in [-0.4, -0.2) is 28.1 Å². The number of hydrogen-bond donors (Lipinski definition) is 4. The highest BCUT2D eigenvalue weighted by Crippen LogP contribution is 1.89. The first kappa shape index (κ1) is 8.70. The first-order valence-electron chi connectivity index (χ1n) is 2.57. The lowest BCUT2D eigenvalue weighted by Crippen LogP contribution is -2.50. The van der Waals surface area contributed by atoms with Crippen LogP contribution in [0.5, 0.6) is 0 Å². The fourth-order valence-corrected chi connectivity index (χ4v) is 0.328. The van der Waals surface area contributed by atoms with Crippen molar-refractivity contribution in [1.29, 1.82) is 5.41 Å². The average molecular weight is 146 g/mol. The number of hydrogen-bond acceptors (Lipinski definition) is 3. The van der Waals surface area contributed by atoms with E-state index in [2.05, 4.69) is 0 Å². The first-order valence-corrected chi connectivity index (χ1v) is 2.57. The molecule has 0 aromatic rings. The minimum atomic E-state index is -1.11. The fraction of sp³-hybridized carbons (Fsp3) is 0.500. The largest absolute Gasteiger partial charge is 0.480 e. The van der Waals surface area contributed by atoms with Gasteiger partial charge in [-0.1, -0.05) is 0 Å². The number of aliphatic carboxylic acids is 1. The Hall–Kier alpha value is -1.30. The van der Waals surface area contributed by atoms with Gasteiger partial charge in [0, 0.05) is 0 Å². The van der Waals surface area contributed by atoms with Crippen LogP contribution >= 0.6 is 0 Å². The van der Waals surface area contributed by atoms with Crippen LogP contribution in [0, 0.1) is 5.41 Å². The van der Waals surface area contributed by atoms with Crippen LogP contribution in [-0.2, 0) is 4.79 Å². The van der Waals surface area contributed by atoms with Crippen molar-refractivity contribution in [2.45, 2.75) is 13.0 Å². The van der Waals surface area contributed by atoms with Gasteiger partial charge in [-0.05, 0) is 6.92 Å². The van der Waals surface area contributed by atoms with Crippen LogP contribution in [0.25, 0.3) is 0 Å². The third-order valence-electron chi connectivity index (χ3n) is 1.05. The molecule has 0 spiro atoms. The summed E-state index contributed by atoms with van der Waals surface area (Å²) < 4.78 is 0. The third kappa shape index (κ3) is 1.90. The molecule has 0 saturated carbocycles. The van der Waals surface area contributed by atoms with Gasteiger partial charge in [0.25, 0.3) is 0 Å². The Morgan fingerprint density at radius 2 is 2.20 bits per heavy atom. The highest BCUT2D eigenvalue weighted by molar-refractivity contribution is 5.81. The van der Waals surface area contributed by atoms with Gasteiger partial charge in [-0.15, -0.1) is 0 Å². The van der Waals surface area contributed by atoms with Crippen LogP contribution < -0.4 is 11.6 Å². The summed E-state index contributed by atoms with van der Waals surface area (Å²) in [6.45, 7) is 1.34. The standard InChI is InChI=1S/C4H10N4O2/c1-2(3(9)10)8(7)4(5)6/h2H,7H2,1H3,(H3,5,6)(H,9,10). The summed E-state index contributed by atoms with van der Waals surface area (Å²) in [5, 5.41) is 15.7. The van der Waals surface area contributed by atoms with Crippen molar-refractivity contribution in [2.75, 3.05) is 0 Å². The number of nitrogens with one attached hydrogen (secondary N) is 1. The summed E-state index contributed by atoms with van der Waals surface area (Å²) in [7, 11) is 0. The third-order valence-corrected chi connectivity index (χ3v) is 1.05. The molecule has 1 atom stereocenters. The van der Waals surface area contributed by atoms with Crippen molar-refractivity contribution in [3.05, 3.63) is 0 Å². The van der Waals surface area contributed by atoms with Gasteiger partial charge >= 0.3 is 5.97 Å². The van der Waals surface area contributed by atoms with E-state index in [-0.39, 0.29) is 0 Å². The van der Waals surface area contributed by atoms with Crippen LogP contribution in [0.3, 0.4) is 0 Å². The Bertz CT molecular complexity index is 139. The molecule has 0 fully saturated rings. The van der Waals surface area contributed by atoms with Gasteiger partial charge in [-0.3, -0.25) is 10.4 Å². The number of carboxylic acid groups (broad SMARTS) is 1. The molecule has 1 unspecified atom stereocenters. The van der Waals surface area contributed by atoms with E-state index in [0.717, 1.165) is 0 Å². The summed E-state index contributed by atoms with van der Waals surface area (Å²) in [5.41, 5.74) is 4.90. The Labute approximate surface area is 57.9 Å². The highest BCUT2D eigenvalue weighted by atomic mass is 16.4. The molecule has 58 valence electrons. The highest BCUT2D eigenvalue weighted by Gasteiger charge is 2.17. The number of carbonyl (C=O) groups is 1. The van der Waals surface area contributed by atoms with Crippen LogP contribution in [0.4, 0.5) is 0 Å². The molecule has 0 aromatic heterocycles. The van der Waals surface area contributed by atoms with E-state index in [0.29, 0.717) is 5.01 Å². The molecule has 6 N–H and O–H groups in total. The summed E-state index contributed by atoms with van der Waals surface area (Å²) in [6, 6.07) is -0.961. The number of hydrazine groups is 1. The molecule has 10 heavy (non-hydrogen) atoms. The predicted octanol–water partition coefficient (Wildman–Crippen LogP) is -1.47. The zero-order valence-electron chi connectivity index (χ0n) is 5.53. The second-order valence-electron chi connectivity index (χ2n) is 1.81. The molecular formula is C4H10N4O2. The van der Waals surface area contributed by atoms with E-state index >= 15 is 0 Å². The van der Waals surface area contributed by atoms with Gasteiger partial charge in [0.2, 0.25) is 5.96 Å². The summed E-state index contributed by atoms with van der Waals surface area (Å²) in [5.74, 6) is 3.49. The number of nitrogens with zero attached hydrogens (tertiary/aromatic N) is 1. The molecule has 0 heterocycles. The van der Waals surface area contributed by atoms with E-state index in [1.54, 1.807) is 0 Å². The Morgan fingerprint density at radius 1 is 1.80 bits per heavy atom. The van der Waals surface area contributed by atoms with Gasteiger partial charge < -0.3 is 10.8 Å². The van der Waals surface area contributed by atoms with Crippen molar-refractivity contribution in [1.82, 2.24) is 5.01 Å². The number of nitrogens with two attached hydrogens (primary N) is 2. The smallest absolute Gasteiger partial charge is 0.327 e. The van der Waals surface area contributed by atoms with Crippen molar-refractivity contribution >= 4 is 11.9 Å². The monoisotopic (exact) mass is 146 g/mol. The molecule has 0 radical (unpaired) electrons. The molecule has 6 nitrogen and oxygen atoms in total. The van der Waals surface area contributed by atoms with Gasteiger partial charge in [-0.25, -0.2) is 10.6 Å². The van der Waals surface area contributed by atoms with Crippen molar-refractivity contribution in [2.24, 2.45) is 11.6 Å². The average Bonchev–Trinajstić information content (AvgIpc) is 1.84. The Balaban J connectivity index is 4.07. The quantitative estimate of drug-likeness (QED) is 0.164. The molecule has 0 aliphatic rings. The first-order chi connectivity index (χ1) is 4.46. The maximum absolute atomic E-state index is 10.2. The summed E-state index contributed by atoms with van der Waals surface area (Å²) in [4.78, 5) is 10.2. The van der Waals surface area contributed by atoms with Crippen molar-refractivity contribution in [3.8, 4) is 0 Å². The lowest BCUT2D eigenvalue weighted by atomic mass is 10.3. The number of carboxylic acids is 1. The zero-order valence-corrected chi connectivity index (χ0v) is 5.53. The maximum Gasteiger partial charge on any atom is 0.327 e. The topological polar surface area (TPSA) is 116 Å². The maximum atomic E-state index is 10.2. The number of rotatable bonds is 2. The molecule has 0 saturated heterocycles. The van der Waals surface area contributed by atoms with Crippen LogP contribution in [0.15, 0.2) is 0 Å². The second-order valence-corrected chi connectivity index (χ2v) is 1.81. The minimum Gasteiger partial charge on any atom is -0.480 e. The van der Waals surface area contributed by atoms with Crippen LogP contribution in [0.1, 0.15) is 6.92 Å². The lowest BCUT2D eigenvalue weighted by Gasteiger charge is -2.19. The second kappa shape index (κ2) is 3.02. The normalized spacial score (nSPS) is 12.2. The molecule has 0 rings (SSSR count). The van der Waals surface area contributed by atoms with Gasteiger partial charge in [0.05, 0.1) is 0 Å². The predicted molar refractivity (Wildman–Crippen MR) is 35.0 cm³/mol. The van der Waals surface area contributed by atoms with Gasteiger partial charge in [0.1, 0.15) is 6.04 Å². The molecule has 0 aliphatic carbocycles. The van der Waals surface area contributed by atoms with Gasteiger partial charge in [0.15, 0.2) is 0 Å². The van der Waals surface area contributed by atoms with E-state index in [1.165, 1.54) is 6.92 Å². The van der Waals surface area contributed by atoms with E-state index in [4.69, 9.17) is 22.1 Å². The van der Waals surface area contributed by atoms with E-state index < -0.39 is 18.0 Å². The van der Waals surface area contributed by atoms with Crippen LogP contribution in [0.2, 0.25) is 0 Å². The lowest BCUT2D eigenvalue weighted by molar-refractivity contribution is -0.141. The Morgan fingerprint density at radius 3 is 2.30 bits per heavy atom. The summed E-state index contributed by atoms with van der Waals surface area (Å²) >= 11 is 0. The fourth-order valence-electron chi connectivity index (χ4n) is 0.328. The number of guanidine groups is 1. The van der Waals surface area contributed by atoms with Gasteiger partial charge in [-0.2, -0.15) is 0 Å².